The van der Waals surface area contributed by atoms with Gasteiger partial charge in [-0.15, -0.1) is 0 Å². The van der Waals surface area contributed by atoms with Crippen LogP contribution in [0.4, 0.5) is 0 Å². The Bertz CT molecular complexity index is 259. The Morgan fingerprint density at radius 3 is 2.70 bits per heavy atom. The summed E-state index contributed by atoms with van der Waals surface area (Å²) in [5, 5.41) is 17.3. The van der Waals surface area contributed by atoms with Crippen LogP contribution in [0.25, 0.3) is 0 Å². The summed E-state index contributed by atoms with van der Waals surface area (Å²) in [5.41, 5.74) is -0.266. The fourth-order valence-electron chi connectivity index (χ4n) is 0.654. The summed E-state index contributed by atoms with van der Waals surface area (Å²) >= 11 is 0. The van der Waals surface area contributed by atoms with Gasteiger partial charge in [0.15, 0.2) is 0 Å². The van der Waals surface area contributed by atoms with Crippen molar-refractivity contribution in [3.63, 3.8) is 0 Å². The molecule has 0 saturated heterocycles. The van der Waals surface area contributed by atoms with Gasteiger partial charge in [-0.25, -0.2) is 0 Å². The molecular weight excluding hydrogens is 131 g/mol. The topological polar surface area (TPSA) is 57.5 Å². The normalized spacial score (nSPS) is 8.80. The third-order valence-electron chi connectivity index (χ3n) is 1.13. The monoisotopic (exact) mass is 136 g/mol. The van der Waals surface area contributed by atoms with Crippen LogP contribution >= 0.6 is 0 Å². The van der Waals surface area contributed by atoms with E-state index in [0.29, 0.717) is 0 Å². The molecule has 0 radical (unpaired) electrons. The fraction of sp³-hybridized carbons (Fsp3) is 0. The predicted molar refractivity (Wildman–Crippen MR) is 36.4 cm³/mol. The molecule has 4 heteroatoms. The molecule has 0 aliphatic carbocycles. The van der Waals surface area contributed by atoms with E-state index in [9.17, 15) is 4.79 Å². The quantitative estimate of drug-likeness (QED) is 0.588. The number of aromatic carboxylic acids is 1. The van der Waals surface area contributed by atoms with Gasteiger partial charge in [0.1, 0.15) is 0 Å². The molecule has 0 aliphatic heterocycles. The molecule has 2 N–H and O–H groups in total. The van der Waals surface area contributed by atoms with Gasteiger partial charge in [-0.2, -0.15) is 0 Å². The minimum atomic E-state index is -1.11. The van der Waals surface area contributed by atoms with Crippen LogP contribution in [-0.2, 0) is 0 Å². The van der Waals surface area contributed by atoms with Crippen LogP contribution in [0.1, 0.15) is 10.4 Å². The van der Waals surface area contributed by atoms with Crippen LogP contribution in [0.15, 0.2) is 18.1 Å². The van der Waals surface area contributed by atoms with E-state index in [2.05, 4.69) is 0 Å². The SMILES string of the molecule is O=C(O)c1cccbc1O. The summed E-state index contributed by atoms with van der Waals surface area (Å²) in [6, 6.07) is 2.90. The van der Waals surface area contributed by atoms with Gasteiger partial charge in [0.2, 0.25) is 0 Å². The van der Waals surface area contributed by atoms with Crippen molar-refractivity contribution >= 4 is 12.9 Å². The minimum absolute atomic E-state index is 0.0671. The van der Waals surface area contributed by atoms with Gasteiger partial charge < -0.3 is 0 Å². The number of carboxylic acid groups (broad SMARTS) is 1. The van der Waals surface area contributed by atoms with Crippen molar-refractivity contribution in [1.82, 2.24) is 0 Å². The molecule has 0 aliphatic rings. The molecular formula is C6H5BO3. The summed E-state index contributed by atoms with van der Waals surface area (Å²) in [6.45, 7) is 1.34. The molecule has 10 heavy (non-hydrogen) atoms. The molecule has 0 bridgehead atoms. The zero-order chi connectivity index (χ0) is 7.56. The Balaban J connectivity index is 3.15. The Morgan fingerprint density at radius 2 is 2.30 bits per heavy atom. The van der Waals surface area contributed by atoms with E-state index in [-0.39, 0.29) is 11.2 Å². The third-order valence-corrected chi connectivity index (χ3v) is 1.13. The number of aromatic hydroxyl groups is 1. The van der Waals surface area contributed by atoms with Crippen molar-refractivity contribution in [2.24, 2.45) is 0 Å². The first kappa shape index (κ1) is 6.80. The van der Waals surface area contributed by atoms with Crippen molar-refractivity contribution in [3.8, 4) is 5.64 Å². The van der Waals surface area contributed by atoms with E-state index in [1.165, 1.54) is 13.0 Å². The van der Waals surface area contributed by atoms with Crippen LogP contribution in [0.3, 0.4) is 0 Å². The molecule has 1 heterocycles. The average molecular weight is 136 g/mol. The van der Waals surface area contributed by atoms with E-state index in [1.807, 2.05) is 0 Å². The first-order valence-electron chi connectivity index (χ1n) is 2.73. The van der Waals surface area contributed by atoms with Crippen LogP contribution < -0.4 is 0 Å². The van der Waals surface area contributed by atoms with Gasteiger partial charge in [0, 0.05) is 0 Å². The fourth-order valence-corrected chi connectivity index (χ4v) is 0.654. The van der Waals surface area contributed by atoms with Gasteiger partial charge in [-0.05, 0) is 0 Å². The van der Waals surface area contributed by atoms with Crippen LogP contribution in [0, 0.1) is 0 Å². The van der Waals surface area contributed by atoms with Crippen LogP contribution in [-0.4, -0.2) is 23.1 Å². The first-order chi connectivity index (χ1) is 4.72. The summed E-state index contributed by atoms with van der Waals surface area (Å²) in [6.07, 6.45) is 0. The summed E-state index contributed by atoms with van der Waals surface area (Å²) < 4.78 is 0. The molecule has 0 amide bonds. The van der Waals surface area contributed by atoms with Crippen molar-refractivity contribution in [2.75, 3.05) is 0 Å². The van der Waals surface area contributed by atoms with E-state index >= 15 is 0 Å². The number of rotatable bonds is 1. The second-order valence-electron chi connectivity index (χ2n) is 1.82. The van der Waals surface area contributed by atoms with Gasteiger partial charge in [-0.3, -0.25) is 0 Å². The van der Waals surface area contributed by atoms with Crippen LogP contribution in [0.2, 0.25) is 0 Å². The second-order valence-corrected chi connectivity index (χ2v) is 1.82. The maximum atomic E-state index is 10.3. The molecule has 0 atom stereocenters. The van der Waals surface area contributed by atoms with E-state index in [0.717, 1.165) is 0 Å². The van der Waals surface area contributed by atoms with E-state index in [4.69, 9.17) is 10.2 Å². The molecule has 1 aromatic heterocycles. The van der Waals surface area contributed by atoms with E-state index in [1.54, 1.807) is 12.0 Å². The third kappa shape index (κ3) is 1.15. The molecule has 50 valence electrons. The molecule has 0 unspecified atom stereocenters. The Morgan fingerprint density at radius 1 is 1.60 bits per heavy atom. The summed E-state index contributed by atoms with van der Waals surface area (Å²) in [5.74, 6) is 0.458. The Hall–Kier alpha value is -1.32. The second kappa shape index (κ2) is 2.52. The maximum absolute atomic E-state index is 10.3. The molecule has 3 nitrogen and oxygen atoms in total. The van der Waals surface area contributed by atoms with Gasteiger partial charge in [0.25, 0.3) is 0 Å². The molecule has 0 spiro atoms. The average Bonchev–Trinajstić information content (AvgIpc) is 1.88. The van der Waals surface area contributed by atoms with Gasteiger partial charge in [-0.1, -0.05) is 0 Å². The number of hydrogen-bond acceptors (Lipinski definition) is 2. The zero-order valence-corrected chi connectivity index (χ0v) is 5.11. The summed E-state index contributed by atoms with van der Waals surface area (Å²) in [4.78, 5) is 10.3. The first-order valence-corrected chi connectivity index (χ1v) is 2.73. The number of carboxylic acids is 1. The van der Waals surface area contributed by atoms with Crippen molar-refractivity contribution in [3.05, 3.63) is 23.7 Å². The standard InChI is InChI=1S/C6H5BO3/c8-5-4(6(9)10)2-1-3-7-5/h1-3,8H,(H,9,10). The Kier molecular flexibility index (Phi) is 1.71. The van der Waals surface area contributed by atoms with Crippen molar-refractivity contribution in [1.29, 1.82) is 0 Å². The van der Waals surface area contributed by atoms with Gasteiger partial charge in [0.05, 0.1) is 0 Å². The molecule has 0 fully saturated rings. The molecule has 0 saturated carbocycles. The van der Waals surface area contributed by atoms with Crippen LogP contribution in [0.5, 0.6) is 5.64 Å². The molecule has 0 aromatic carbocycles. The predicted octanol–water partition coefficient (Wildman–Crippen LogP) is 0.428. The van der Waals surface area contributed by atoms with Crippen molar-refractivity contribution < 1.29 is 15.0 Å². The molecule has 1 aromatic rings. The summed E-state index contributed by atoms with van der Waals surface area (Å²) in [7, 11) is 0. The molecule has 1 rings (SSSR count). The van der Waals surface area contributed by atoms with E-state index < -0.39 is 5.97 Å². The number of carbonyl (C=O) groups is 1. The zero-order valence-electron chi connectivity index (χ0n) is 5.11. The van der Waals surface area contributed by atoms with Gasteiger partial charge >= 0.3 is 57.2 Å². The number of hydrogen-bond donors (Lipinski definition) is 2. The Labute approximate surface area is 58.1 Å². The van der Waals surface area contributed by atoms with Crippen molar-refractivity contribution in [2.45, 2.75) is 0 Å².